The highest BCUT2D eigenvalue weighted by Crippen LogP contribution is 2.38. The van der Waals surface area contributed by atoms with Gasteiger partial charge in [0.1, 0.15) is 11.4 Å². The van der Waals surface area contributed by atoms with Crippen LogP contribution >= 0.6 is 11.3 Å². The fourth-order valence-electron chi connectivity index (χ4n) is 4.30. The zero-order valence-corrected chi connectivity index (χ0v) is 23.6. The van der Waals surface area contributed by atoms with Gasteiger partial charge in [-0.25, -0.2) is 29.1 Å². The fourth-order valence-corrected chi connectivity index (χ4v) is 5.20. The SMILES string of the molecule is Cc1nc(-c2cccc(N)c2F)c(-c2ccnc(Nc3ccc(N4CCN(C(=O)OC(C)(C)C)CC4)cn3)n2)s1. The predicted octanol–water partition coefficient (Wildman–Crippen LogP) is 5.49. The number of hydrogen-bond acceptors (Lipinski definition) is 10. The minimum Gasteiger partial charge on any atom is -0.444 e. The second-order valence-corrected chi connectivity index (χ2v) is 11.6. The number of thiazole rings is 1. The highest BCUT2D eigenvalue weighted by atomic mass is 32.1. The van der Waals surface area contributed by atoms with Crippen molar-refractivity contribution in [2.75, 3.05) is 42.1 Å². The number of nitrogens with zero attached hydrogens (tertiary/aromatic N) is 6. The molecule has 208 valence electrons. The van der Waals surface area contributed by atoms with E-state index in [1.54, 1.807) is 35.5 Å². The molecule has 3 aromatic heterocycles. The fraction of sp³-hybridized carbons (Fsp3) is 0.321. The summed E-state index contributed by atoms with van der Waals surface area (Å²) in [6.07, 6.45) is 3.13. The van der Waals surface area contributed by atoms with Crippen molar-refractivity contribution >= 4 is 40.6 Å². The molecule has 1 aliphatic heterocycles. The van der Waals surface area contributed by atoms with E-state index < -0.39 is 11.4 Å². The van der Waals surface area contributed by atoms with Gasteiger partial charge in [-0.15, -0.1) is 11.3 Å². The first-order chi connectivity index (χ1) is 19.1. The molecule has 1 saturated heterocycles. The Kier molecular flexibility index (Phi) is 7.53. The Bertz CT molecular complexity index is 1510. The minimum atomic E-state index is -0.513. The van der Waals surface area contributed by atoms with Crippen LogP contribution in [0.4, 0.5) is 32.3 Å². The van der Waals surface area contributed by atoms with Crippen molar-refractivity contribution in [1.29, 1.82) is 0 Å². The van der Waals surface area contributed by atoms with Crippen molar-refractivity contribution in [3.8, 4) is 21.8 Å². The van der Waals surface area contributed by atoms with Gasteiger partial charge in [0.2, 0.25) is 5.95 Å². The average molecular weight is 563 g/mol. The van der Waals surface area contributed by atoms with Crippen LogP contribution in [0, 0.1) is 12.7 Å². The Morgan fingerprint density at radius 2 is 1.85 bits per heavy atom. The van der Waals surface area contributed by atoms with E-state index in [4.69, 9.17) is 10.5 Å². The average Bonchev–Trinajstić information content (AvgIpc) is 3.31. The van der Waals surface area contributed by atoms with E-state index >= 15 is 0 Å². The van der Waals surface area contributed by atoms with Crippen LogP contribution < -0.4 is 16.0 Å². The zero-order valence-electron chi connectivity index (χ0n) is 22.8. The molecule has 3 N–H and O–H groups in total. The van der Waals surface area contributed by atoms with Gasteiger partial charge in [0.25, 0.3) is 0 Å². The number of hydrogen-bond donors (Lipinski definition) is 2. The van der Waals surface area contributed by atoms with Crippen molar-refractivity contribution in [3.63, 3.8) is 0 Å². The molecule has 0 saturated carbocycles. The topological polar surface area (TPSA) is 122 Å². The monoisotopic (exact) mass is 562 g/mol. The number of pyridine rings is 1. The number of rotatable bonds is 5. The number of carbonyl (C=O) groups excluding carboxylic acids is 1. The van der Waals surface area contributed by atoms with E-state index in [-0.39, 0.29) is 11.8 Å². The molecule has 0 aliphatic carbocycles. The van der Waals surface area contributed by atoms with Gasteiger partial charge in [-0.1, -0.05) is 6.07 Å². The summed E-state index contributed by atoms with van der Waals surface area (Å²) in [5.41, 5.74) is 7.74. The van der Waals surface area contributed by atoms with Gasteiger partial charge in [0, 0.05) is 37.9 Å². The van der Waals surface area contributed by atoms with Gasteiger partial charge in [-0.2, -0.15) is 0 Å². The number of aryl methyl sites for hydroxylation is 1. The molecule has 4 heterocycles. The van der Waals surface area contributed by atoms with Crippen LogP contribution in [0.15, 0.2) is 48.8 Å². The van der Waals surface area contributed by atoms with Crippen LogP contribution in [0.2, 0.25) is 0 Å². The molecule has 1 aliphatic rings. The van der Waals surface area contributed by atoms with Crippen LogP contribution in [0.25, 0.3) is 21.8 Å². The molecule has 1 aromatic carbocycles. The number of anilines is 4. The molecule has 40 heavy (non-hydrogen) atoms. The van der Waals surface area contributed by atoms with Crippen molar-refractivity contribution < 1.29 is 13.9 Å². The summed E-state index contributed by atoms with van der Waals surface area (Å²) in [5.74, 6) is 0.432. The third-order valence-corrected chi connectivity index (χ3v) is 7.18. The van der Waals surface area contributed by atoms with Crippen LogP contribution in [0.3, 0.4) is 0 Å². The van der Waals surface area contributed by atoms with E-state index in [0.717, 1.165) is 15.6 Å². The lowest BCUT2D eigenvalue weighted by atomic mass is 10.1. The number of carbonyl (C=O) groups is 1. The third-order valence-electron chi connectivity index (χ3n) is 6.19. The Labute approximate surface area is 236 Å². The number of benzene rings is 1. The second-order valence-electron chi connectivity index (χ2n) is 10.4. The summed E-state index contributed by atoms with van der Waals surface area (Å²) in [5, 5.41) is 3.92. The predicted molar refractivity (Wildman–Crippen MR) is 155 cm³/mol. The molecular formula is C28H31FN8O2S. The lowest BCUT2D eigenvalue weighted by molar-refractivity contribution is 0.0240. The number of nitrogen functional groups attached to an aromatic ring is 1. The zero-order chi connectivity index (χ0) is 28.4. The van der Waals surface area contributed by atoms with Gasteiger partial charge in [0.15, 0.2) is 5.82 Å². The Morgan fingerprint density at radius 1 is 1.07 bits per heavy atom. The summed E-state index contributed by atoms with van der Waals surface area (Å²) < 4.78 is 20.3. The molecule has 0 radical (unpaired) electrons. The maximum Gasteiger partial charge on any atom is 0.410 e. The number of amides is 1. The van der Waals surface area contributed by atoms with Crippen molar-refractivity contribution in [3.05, 3.63) is 59.6 Å². The number of aromatic nitrogens is 4. The first kappa shape index (κ1) is 27.3. The molecule has 0 spiro atoms. The minimum absolute atomic E-state index is 0.0681. The lowest BCUT2D eigenvalue weighted by Crippen LogP contribution is -2.50. The number of piperazine rings is 1. The van der Waals surface area contributed by atoms with E-state index in [2.05, 4.69) is 30.2 Å². The standard InChI is InChI=1S/C28H31FN8O2S/c1-17-33-24(19-6-5-7-20(30)23(19)29)25(40-17)21-10-11-31-26(34-21)35-22-9-8-18(16-32-22)36-12-14-37(15-13-36)27(38)39-28(2,3)4/h5-11,16H,12-15,30H2,1-4H3,(H,31,32,34,35). The van der Waals surface area contributed by atoms with Gasteiger partial charge < -0.3 is 25.6 Å². The molecule has 12 heteroatoms. The third kappa shape index (κ3) is 6.12. The molecule has 1 fully saturated rings. The number of ether oxygens (including phenoxy) is 1. The molecule has 5 rings (SSSR count). The summed E-state index contributed by atoms with van der Waals surface area (Å²) >= 11 is 1.42. The molecule has 1 amide bonds. The molecule has 0 unspecified atom stereocenters. The first-order valence-electron chi connectivity index (χ1n) is 12.9. The molecule has 10 nitrogen and oxygen atoms in total. The van der Waals surface area contributed by atoms with Crippen LogP contribution in [0.5, 0.6) is 0 Å². The van der Waals surface area contributed by atoms with Gasteiger partial charge in [-0.05, 0) is 58.0 Å². The molecule has 4 aromatic rings. The Hall–Kier alpha value is -4.32. The lowest BCUT2D eigenvalue weighted by Gasteiger charge is -2.36. The number of nitrogens with one attached hydrogen (secondary N) is 1. The van der Waals surface area contributed by atoms with Crippen LogP contribution in [0.1, 0.15) is 25.8 Å². The van der Waals surface area contributed by atoms with Crippen LogP contribution in [-0.4, -0.2) is 62.7 Å². The van der Waals surface area contributed by atoms with Gasteiger partial charge in [-0.3, -0.25) is 0 Å². The largest absolute Gasteiger partial charge is 0.444 e. The quantitative estimate of drug-likeness (QED) is 0.304. The van der Waals surface area contributed by atoms with E-state index in [0.29, 0.717) is 54.9 Å². The molecular weight excluding hydrogens is 531 g/mol. The first-order valence-corrected chi connectivity index (χ1v) is 13.7. The summed E-state index contributed by atoms with van der Waals surface area (Å²) in [6.45, 7) is 9.98. The van der Waals surface area contributed by atoms with E-state index in [9.17, 15) is 9.18 Å². The highest BCUT2D eigenvalue weighted by molar-refractivity contribution is 7.15. The summed E-state index contributed by atoms with van der Waals surface area (Å²) in [6, 6.07) is 10.5. The van der Waals surface area contributed by atoms with E-state index in [1.807, 2.05) is 39.8 Å². The van der Waals surface area contributed by atoms with Crippen molar-refractivity contribution in [1.82, 2.24) is 24.8 Å². The van der Waals surface area contributed by atoms with Crippen molar-refractivity contribution in [2.24, 2.45) is 0 Å². The molecule has 0 bridgehead atoms. The molecule has 0 atom stereocenters. The van der Waals surface area contributed by atoms with Crippen LogP contribution in [-0.2, 0) is 4.74 Å². The van der Waals surface area contributed by atoms with Crippen molar-refractivity contribution in [2.45, 2.75) is 33.3 Å². The number of halogens is 1. The van der Waals surface area contributed by atoms with Gasteiger partial charge in [0.05, 0.1) is 38.8 Å². The Morgan fingerprint density at radius 3 is 2.55 bits per heavy atom. The Balaban J connectivity index is 1.27. The normalized spacial score (nSPS) is 13.8. The number of nitrogens with two attached hydrogens (primary N) is 1. The smallest absolute Gasteiger partial charge is 0.410 e. The highest BCUT2D eigenvalue weighted by Gasteiger charge is 2.26. The summed E-state index contributed by atoms with van der Waals surface area (Å²) in [7, 11) is 0. The maximum absolute atomic E-state index is 14.8. The van der Waals surface area contributed by atoms with Gasteiger partial charge >= 0.3 is 6.09 Å². The van der Waals surface area contributed by atoms with E-state index in [1.165, 1.54) is 17.4 Å². The maximum atomic E-state index is 14.8. The second kappa shape index (κ2) is 11.0. The summed E-state index contributed by atoms with van der Waals surface area (Å²) in [4.78, 5) is 35.0.